The molecule has 0 fully saturated rings. The van der Waals surface area contributed by atoms with Gasteiger partial charge in [-0.05, 0) is 42.8 Å². The van der Waals surface area contributed by atoms with Gasteiger partial charge in [0.2, 0.25) is 0 Å². The largest absolute Gasteiger partial charge is 0.497 e. The Kier molecular flexibility index (Phi) is 7.18. The molecule has 0 saturated heterocycles. The van der Waals surface area contributed by atoms with E-state index in [0.29, 0.717) is 35.1 Å². The van der Waals surface area contributed by atoms with Gasteiger partial charge in [-0.3, -0.25) is 9.59 Å². The quantitative estimate of drug-likeness (QED) is 0.442. The zero-order valence-electron chi connectivity index (χ0n) is 15.3. The van der Waals surface area contributed by atoms with Crippen LogP contribution in [0.4, 0.5) is 5.69 Å². The molecule has 0 atom stereocenters. The smallest absolute Gasteiger partial charge is 0.329 e. The minimum Gasteiger partial charge on any atom is -0.497 e. The Morgan fingerprint density at radius 3 is 2.56 bits per heavy atom. The fourth-order valence-corrected chi connectivity index (χ4v) is 2.14. The van der Waals surface area contributed by atoms with Crippen molar-refractivity contribution in [3.8, 4) is 17.2 Å². The standard InChI is InChI=1S/C19H21N3O5/c1-4-27-16-9-8-13(10-17(16)26-3)12-20-22-19(24)18(23)21-14-6-5-7-15(11-14)25-2/h5-12H,4H2,1-3H3,(H,21,23)(H,22,24)/b20-12+. The maximum atomic E-state index is 11.9. The minimum absolute atomic E-state index is 0.440. The average molecular weight is 371 g/mol. The molecule has 0 saturated carbocycles. The summed E-state index contributed by atoms with van der Waals surface area (Å²) in [6.07, 6.45) is 1.40. The third kappa shape index (κ3) is 5.74. The van der Waals surface area contributed by atoms with Crippen LogP contribution in [0.1, 0.15) is 12.5 Å². The Hall–Kier alpha value is -3.55. The number of benzene rings is 2. The molecule has 0 radical (unpaired) electrons. The molecule has 0 bridgehead atoms. The molecule has 0 heterocycles. The van der Waals surface area contributed by atoms with E-state index >= 15 is 0 Å². The lowest BCUT2D eigenvalue weighted by Gasteiger charge is -2.09. The summed E-state index contributed by atoms with van der Waals surface area (Å²) in [4.78, 5) is 23.7. The molecule has 2 N–H and O–H groups in total. The molecule has 142 valence electrons. The fraction of sp³-hybridized carbons (Fsp3) is 0.211. The van der Waals surface area contributed by atoms with Gasteiger partial charge < -0.3 is 19.5 Å². The first-order valence-electron chi connectivity index (χ1n) is 8.16. The number of hydrogen-bond donors (Lipinski definition) is 2. The number of nitrogens with zero attached hydrogens (tertiary/aromatic N) is 1. The van der Waals surface area contributed by atoms with Gasteiger partial charge in [-0.25, -0.2) is 5.43 Å². The van der Waals surface area contributed by atoms with Crippen LogP contribution in [-0.4, -0.2) is 38.9 Å². The predicted octanol–water partition coefficient (Wildman–Crippen LogP) is 2.19. The van der Waals surface area contributed by atoms with Crippen molar-refractivity contribution < 1.29 is 23.8 Å². The Balaban J connectivity index is 1.94. The molecule has 2 rings (SSSR count). The molecule has 8 heteroatoms. The molecule has 0 aromatic heterocycles. The van der Waals surface area contributed by atoms with Gasteiger partial charge >= 0.3 is 11.8 Å². The predicted molar refractivity (Wildman–Crippen MR) is 102 cm³/mol. The highest BCUT2D eigenvalue weighted by molar-refractivity contribution is 6.39. The number of nitrogens with one attached hydrogen (secondary N) is 2. The highest BCUT2D eigenvalue weighted by Crippen LogP contribution is 2.27. The molecule has 0 aliphatic carbocycles. The highest BCUT2D eigenvalue weighted by atomic mass is 16.5. The van der Waals surface area contributed by atoms with Gasteiger partial charge in [-0.2, -0.15) is 5.10 Å². The Bertz CT molecular complexity index is 836. The van der Waals surface area contributed by atoms with Crippen LogP contribution in [0.25, 0.3) is 0 Å². The third-order valence-electron chi connectivity index (χ3n) is 3.40. The van der Waals surface area contributed by atoms with Crippen LogP contribution in [0.15, 0.2) is 47.6 Å². The Labute approximate surface area is 157 Å². The summed E-state index contributed by atoms with van der Waals surface area (Å²) < 4.78 is 15.7. The first-order chi connectivity index (χ1) is 13.1. The number of hydrogen-bond acceptors (Lipinski definition) is 6. The number of amides is 2. The molecular weight excluding hydrogens is 350 g/mol. The number of rotatable bonds is 7. The van der Waals surface area contributed by atoms with Crippen molar-refractivity contribution in [1.29, 1.82) is 0 Å². The maximum absolute atomic E-state index is 11.9. The van der Waals surface area contributed by atoms with E-state index in [1.807, 2.05) is 6.92 Å². The van der Waals surface area contributed by atoms with Crippen LogP contribution in [0.2, 0.25) is 0 Å². The first kappa shape index (κ1) is 19.8. The number of carbonyl (C=O) groups is 2. The van der Waals surface area contributed by atoms with Gasteiger partial charge in [0.25, 0.3) is 0 Å². The molecule has 27 heavy (non-hydrogen) atoms. The van der Waals surface area contributed by atoms with E-state index < -0.39 is 11.8 Å². The van der Waals surface area contributed by atoms with Crippen LogP contribution in [0.5, 0.6) is 17.2 Å². The number of ether oxygens (including phenoxy) is 3. The van der Waals surface area contributed by atoms with Gasteiger partial charge in [0.05, 0.1) is 27.0 Å². The van der Waals surface area contributed by atoms with Crippen LogP contribution >= 0.6 is 0 Å². The molecule has 0 aliphatic rings. The normalized spacial score (nSPS) is 10.3. The van der Waals surface area contributed by atoms with E-state index in [-0.39, 0.29) is 0 Å². The molecule has 2 aromatic carbocycles. The third-order valence-corrected chi connectivity index (χ3v) is 3.40. The van der Waals surface area contributed by atoms with Crippen molar-refractivity contribution in [3.05, 3.63) is 48.0 Å². The molecule has 0 unspecified atom stereocenters. The summed E-state index contributed by atoms with van der Waals surface area (Å²) in [5, 5.41) is 6.25. The Morgan fingerprint density at radius 2 is 1.85 bits per heavy atom. The molecule has 8 nitrogen and oxygen atoms in total. The second-order valence-corrected chi connectivity index (χ2v) is 5.23. The summed E-state index contributed by atoms with van der Waals surface area (Å²) in [5.41, 5.74) is 3.28. The molecular formula is C19H21N3O5. The van der Waals surface area contributed by atoms with E-state index in [1.165, 1.54) is 20.4 Å². The van der Waals surface area contributed by atoms with Crippen LogP contribution in [0, 0.1) is 0 Å². The SMILES string of the molecule is CCOc1ccc(/C=N/NC(=O)C(=O)Nc2cccc(OC)c2)cc1OC. The van der Waals surface area contributed by atoms with Crippen molar-refractivity contribution in [3.63, 3.8) is 0 Å². The van der Waals surface area contributed by atoms with Gasteiger partial charge in [0, 0.05) is 11.8 Å². The number of carbonyl (C=O) groups excluding carboxylic acids is 2. The summed E-state index contributed by atoms with van der Waals surface area (Å²) in [6, 6.07) is 11.9. The number of methoxy groups -OCH3 is 2. The second kappa shape index (κ2) is 9.81. The molecule has 0 spiro atoms. The van der Waals surface area contributed by atoms with Crippen molar-refractivity contribution in [2.24, 2.45) is 5.10 Å². The topological polar surface area (TPSA) is 98.2 Å². The monoisotopic (exact) mass is 371 g/mol. The summed E-state index contributed by atoms with van der Waals surface area (Å²) in [5.74, 6) is -0.0194. The van der Waals surface area contributed by atoms with Crippen molar-refractivity contribution in [2.45, 2.75) is 6.92 Å². The average Bonchev–Trinajstić information content (AvgIpc) is 2.69. The molecule has 2 aromatic rings. The summed E-state index contributed by atoms with van der Waals surface area (Å²) in [6.45, 7) is 2.39. The van der Waals surface area contributed by atoms with Crippen molar-refractivity contribution >= 4 is 23.7 Å². The zero-order valence-corrected chi connectivity index (χ0v) is 15.3. The van der Waals surface area contributed by atoms with E-state index in [0.717, 1.165) is 0 Å². The number of hydrazone groups is 1. The maximum Gasteiger partial charge on any atom is 0.329 e. The van der Waals surface area contributed by atoms with Gasteiger partial charge in [-0.1, -0.05) is 6.07 Å². The molecule has 2 amide bonds. The van der Waals surface area contributed by atoms with Crippen LogP contribution in [0.3, 0.4) is 0 Å². The lowest BCUT2D eigenvalue weighted by atomic mass is 10.2. The van der Waals surface area contributed by atoms with Gasteiger partial charge in [0.1, 0.15) is 5.75 Å². The van der Waals surface area contributed by atoms with Gasteiger partial charge in [-0.15, -0.1) is 0 Å². The van der Waals surface area contributed by atoms with E-state index in [2.05, 4.69) is 15.8 Å². The summed E-state index contributed by atoms with van der Waals surface area (Å²) >= 11 is 0. The number of anilines is 1. The lowest BCUT2D eigenvalue weighted by molar-refractivity contribution is -0.136. The van der Waals surface area contributed by atoms with Gasteiger partial charge in [0.15, 0.2) is 11.5 Å². The summed E-state index contributed by atoms with van der Waals surface area (Å²) in [7, 11) is 3.04. The van der Waals surface area contributed by atoms with E-state index in [4.69, 9.17) is 14.2 Å². The second-order valence-electron chi connectivity index (χ2n) is 5.23. The fourth-order valence-electron chi connectivity index (χ4n) is 2.14. The Morgan fingerprint density at radius 1 is 1.04 bits per heavy atom. The van der Waals surface area contributed by atoms with Crippen LogP contribution in [-0.2, 0) is 9.59 Å². The highest BCUT2D eigenvalue weighted by Gasteiger charge is 2.13. The van der Waals surface area contributed by atoms with E-state index in [9.17, 15) is 9.59 Å². The zero-order chi connectivity index (χ0) is 19.6. The van der Waals surface area contributed by atoms with Crippen molar-refractivity contribution in [2.75, 3.05) is 26.1 Å². The lowest BCUT2D eigenvalue weighted by Crippen LogP contribution is -2.32. The van der Waals surface area contributed by atoms with Crippen LogP contribution < -0.4 is 25.0 Å². The van der Waals surface area contributed by atoms with E-state index in [1.54, 1.807) is 42.5 Å². The minimum atomic E-state index is -0.896. The molecule has 0 aliphatic heterocycles. The first-order valence-corrected chi connectivity index (χ1v) is 8.16. The van der Waals surface area contributed by atoms with Crippen molar-refractivity contribution in [1.82, 2.24) is 5.43 Å².